The molecule has 0 heterocycles. The van der Waals surface area contributed by atoms with Gasteiger partial charge < -0.3 is 5.32 Å². The highest BCUT2D eigenvalue weighted by Crippen LogP contribution is 2.15. The third kappa shape index (κ3) is 5.60. The van der Waals surface area contributed by atoms with Crippen molar-refractivity contribution in [2.75, 3.05) is 32.0 Å². The number of anilines is 1. The highest BCUT2D eigenvalue weighted by molar-refractivity contribution is 5.42. The predicted molar refractivity (Wildman–Crippen MR) is 58.5 cm³/mol. The lowest BCUT2D eigenvalue weighted by atomic mass is 10.3. The van der Waals surface area contributed by atoms with Crippen LogP contribution in [-0.2, 0) is 0 Å². The lowest BCUT2D eigenvalue weighted by molar-refractivity contribution is -0.142. The number of nitrogens with one attached hydrogen (secondary N) is 1. The average Bonchev–Trinajstić information content (AvgIpc) is 2.16. The topological polar surface area (TPSA) is 15.3 Å². The van der Waals surface area contributed by atoms with Gasteiger partial charge in [0, 0.05) is 18.8 Å². The second-order valence-electron chi connectivity index (χ2n) is 3.65. The minimum absolute atomic E-state index is 0.356. The standard InChI is InChI=1S/C11H15F3N2/c1-16(9-11(12,13)14)8-7-15-10-5-3-2-4-6-10/h2-6,15H,7-9H2,1H3. The van der Waals surface area contributed by atoms with Crippen molar-refractivity contribution < 1.29 is 13.2 Å². The van der Waals surface area contributed by atoms with Gasteiger partial charge in [-0.3, -0.25) is 4.90 Å². The van der Waals surface area contributed by atoms with Gasteiger partial charge >= 0.3 is 6.18 Å². The third-order valence-electron chi connectivity index (χ3n) is 2.05. The molecule has 0 fully saturated rings. The number of para-hydroxylation sites is 1. The van der Waals surface area contributed by atoms with Crippen LogP contribution in [0.5, 0.6) is 0 Å². The maximum Gasteiger partial charge on any atom is 0.401 e. The average molecular weight is 232 g/mol. The van der Waals surface area contributed by atoms with Crippen LogP contribution in [-0.4, -0.2) is 37.8 Å². The summed E-state index contributed by atoms with van der Waals surface area (Å²) in [6.07, 6.45) is -4.12. The van der Waals surface area contributed by atoms with Crippen molar-refractivity contribution in [3.8, 4) is 0 Å². The molecule has 0 saturated carbocycles. The van der Waals surface area contributed by atoms with E-state index in [1.165, 1.54) is 11.9 Å². The fraction of sp³-hybridized carbons (Fsp3) is 0.455. The molecule has 0 aliphatic rings. The molecular weight excluding hydrogens is 217 g/mol. The normalized spacial score (nSPS) is 11.8. The molecule has 1 aromatic carbocycles. The van der Waals surface area contributed by atoms with Gasteiger partial charge in [-0.1, -0.05) is 18.2 Å². The first-order chi connectivity index (χ1) is 7.47. The van der Waals surface area contributed by atoms with Gasteiger partial charge in [0.2, 0.25) is 0 Å². The number of likely N-dealkylation sites (N-methyl/N-ethyl adjacent to an activating group) is 1. The monoisotopic (exact) mass is 232 g/mol. The third-order valence-corrected chi connectivity index (χ3v) is 2.05. The summed E-state index contributed by atoms with van der Waals surface area (Å²) in [5.74, 6) is 0. The van der Waals surface area contributed by atoms with Crippen LogP contribution in [0.1, 0.15) is 0 Å². The van der Waals surface area contributed by atoms with E-state index in [2.05, 4.69) is 5.32 Å². The molecule has 0 bridgehead atoms. The smallest absolute Gasteiger partial charge is 0.384 e. The van der Waals surface area contributed by atoms with E-state index in [1.807, 2.05) is 30.3 Å². The Labute approximate surface area is 93.1 Å². The maximum absolute atomic E-state index is 12.0. The summed E-state index contributed by atoms with van der Waals surface area (Å²) in [7, 11) is 1.46. The van der Waals surface area contributed by atoms with E-state index in [-0.39, 0.29) is 0 Å². The Morgan fingerprint density at radius 1 is 1.19 bits per heavy atom. The first-order valence-electron chi connectivity index (χ1n) is 5.01. The minimum Gasteiger partial charge on any atom is -0.384 e. The van der Waals surface area contributed by atoms with Crippen LogP contribution in [0.2, 0.25) is 0 Å². The number of benzene rings is 1. The van der Waals surface area contributed by atoms with Crippen LogP contribution in [0.15, 0.2) is 30.3 Å². The van der Waals surface area contributed by atoms with Crippen LogP contribution in [0.25, 0.3) is 0 Å². The molecule has 2 nitrogen and oxygen atoms in total. The van der Waals surface area contributed by atoms with Gasteiger partial charge in [0.25, 0.3) is 0 Å². The molecule has 0 spiro atoms. The second kappa shape index (κ2) is 5.75. The van der Waals surface area contributed by atoms with E-state index < -0.39 is 12.7 Å². The number of hydrogen-bond acceptors (Lipinski definition) is 2. The Kier molecular flexibility index (Phi) is 4.61. The van der Waals surface area contributed by atoms with Crippen molar-refractivity contribution in [2.45, 2.75) is 6.18 Å². The Morgan fingerprint density at radius 3 is 2.38 bits per heavy atom. The van der Waals surface area contributed by atoms with Crippen LogP contribution in [0, 0.1) is 0 Å². The van der Waals surface area contributed by atoms with Gasteiger partial charge in [-0.2, -0.15) is 13.2 Å². The Hall–Kier alpha value is -1.23. The highest BCUT2D eigenvalue weighted by Gasteiger charge is 2.28. The van der Waals surface area contributed by atoms with Crippen molar-refractivity contribution in [1.82, 2.24) is 4.90 Å². The minimum atomic E-state index is -4.12. The largest absolute Gasteiger partial charge is 0.401 e. The molecule has 0 saturated heterocycles. The summed E-state index contributed by atoms with van der Waals surface area (Å²) in [6, 6.07) is 9.40. The molecule has 1 aromatic rings. The molecular formula is C11H15F3N2. The summed E-state index contributed by atoms with van der Waals surface area (Å²) in [4.78, 5) is 1.25. The van der Waals surface area contributed by atoms with Gasteiger partial charge in [0.15, 0.2) is 0 Å². The van der Waals surface area contributed by atoms with Crippen molar-refractivity contribution in [3.63, 3.8) is 0 Å². The van der Waals surface area contributed by atoms with E-state index in [0.717, 1.165) is 5.69 Å². The van der Waals surface area contributed by atoms with E-state index in [1.54, 1.807) is 0 Å². The molecule has 0 amide bonds. The van der Waals surface area contributed by atoms with E-state index in [9.17, 15) is 13.2 Å². The number of nitrogens with zero attached hydrogens (tertiary/aromatic N) is 1. The van der Waals surface area contributed by atoms with E-state index in [4.69, 9.17) is 0 Å². The van der Waals surface area contributed by atoms with E-state index in [0.29, 0.717) is 13.1 Å². The molecule has 1 N–H and O–H groups in total. The lowest BCUT2D eigenvalue weighted by Crippen LogP contribution is -2.34. The zero-order chi connectivity index (χ0) is 12.0. The molecule has 0 radical (unpaired) electrons. The first kappa shape index (κ1) is 12.8. The maximum atomic E-state index is 12.0. The van der Waals surface area contributed by atoms with Crippen molar-refractivity contribution in [1.29, 1.82) is 0 Å². The zero-order valence-corrected chi connectivity index (χ0v) is 9.09. The Bertz CT molecular complexity index is 298. The number of alkyl halides is 3. The SMILES string of the molecule is CN(CCNc1ccccc1)CC(F)(F)F. The van der Waals surface area contributed by atoms with Crippen molar-refractivity contribution >= 4 is 5.69 Å². The van der Waals surface area contributed by atoms with Gasteiger partial charge in [0.1, 0.15) is 0 Å². The number of hydrogen-bond donors (Lipinski definition) is 1. The summed E-state index contributed by atoms with van der Waals surface area (Å²) >= 11 is 0. The van der Waals surface area contributed by atoms with Crippen molar-refractivity contribution in [3.05, 3.63) is 30.3 Å². The van der Waals surface area contributed by atoms with Gasteiger partial charge in [-0.05, 0) is 19.2 Å². The predicted octanol–water partition coefficient (Wildman–Crippen LogP) is 2.59. The Balaban J connectivity index is 2.21. The van der Waals surface area contributed by atoms with Gasteiger partial charge in [0.05, 0.1) is 6.54 Å². The van der Waals surface area contributed by atoms with Crippen LogP contribution >= 0.6 is 0 Å². The van der Waals surface area contributed by atoms with Gasteiger partial charge in [-0.25, -0.2) is 0 Å². The zero-order valence-electron chi connectivity index (χ0n) is 9.09. The summed E-state index contributed by atoms with van der Waals surface area (Å²) in [5.41, 5.74) is 0.919. The molecule has 0 unspecified atom stereocenters. The van der Waals surface area contributed by atoms with E-state index >= 15 is 0 Å². The quantitative estimate of drug-likeness (QED) is 0.839. The molecule has 1 rings (SSSR count). The summed E-state index contributed by atoms with van der Waals surface area (Å²) in [5, 5.41) is 3.05. The number of halogens is 3. The number of rotatable bonds is 5. The fourth-order valence-electron chi connectivity index (χ4n) is 1.33. The molecule has 0 aromatic heterocycles. The van der Waals surface area contributed by atoms with Crippen molar-refractivity contribution in [2.24, 2.45) is 0 Å². The fourth-order valence-corrected chi connectivity index (χ4v) is 1.33. The molecule has 0 atom stereocenters. The lowest BCUT2D eigenvalue weighted by Gasteiger charge is -2.18. The molecule has 16 heavy (non-hydrogen) atoms. The van der Waals surface area contributed by atoms with Crippen LogP contribution in [0.4, 0.5) is 18.9 Å². The first-order valence-corrected chi connectivity index (χ1v) is 5.01. The van der Waals surface area contributed by atoms with Crippen LogP contribution < -0.4 is 5.32 Å². The summed E-state index contributed by atoms with van der Waals surface area (Å²) in [6.45, 7) is -0.0194. The highest BCUT2D eigenvalue weighted by atomic mass is 19.4. The molecule has 90 valence electrons. The van der Waals surface area contributed by atoms with Crippen LogP contribution in [0.3, 0.4) is 0 Å². The molecule has 0 aliphatic heterocycles. The van der Waals surface area contributed by atoms with Gasteiger partial charge in [-0.15, -0.1) is 0 Å². The Morgan fingerprint density at radius 2 is 1.81 bits per heavy atom. The molecule has 0 aliphatic carbocycles. The molecule has 5 heteroatoms. The second-order valence-corrected chi connectivity index (χ2v) is 3.65. The summed E-state index contributed by atoms with van der Waals surface area (Å²) < 4.78 is 36.0.